The summed E-state index contributed by atoms with van der Waals surface area (Å²) in [6, 6.07) is 6.06. The summed E-state index contributed by atoms with van der Waals surface area (Å²) < 4.78 is 13.4. The third-order valence-electron chi connectivity index (χ3n) is 2.51. The number of thiocarbonyl (C=S) groups is 1. The number of thioether (sulfide) groups is 1. The van der Waals surface area contributed by atoms with Crippen molar-refractivity contribution in [1.82, 2.24) is 4.90 Å². The minimum Gasteiger partial charge on any atom is -0.290 e. The quantitative estimate of drug-likeness (QED) is 0.612. The number of rotatable bonds is 2. The fraction of sp³-hybridized carbons (Fsp3) is 0.231. The molecule has 0 aliphatic carbocycles. The SMILES string of the molecule is CC(C)N1C(=O)/C(=C\c2ccc(F)cc2)SC1=S. The molecule has 0 spiro atoms. The molecule has 2 nitrogen and oxygen atoms in total. The fourth-order valence-electron chi connectivity index (χ4n) is 1.64. The molecule has 1 aromatic rings. The van der Waals surface area contributed by atoms with Gasteiger partial charge in [0.25, 0.3) is 5.91 Å². The first-order chi connectivity index (χ1) is 8.49. The lowest BCUT2D eigenvalue weighted by Gasteiger charge is -2.18. The molecule has 1 aliphatic rings. The maximum Gasteiger partial charge on any atom is 0.266 e. The maximum absolute atomic E-state index is 12.8. The van der Waals surface area contributed by atoms with Gasteiger partial charge < -0.3 is 0 Å². The largest absolute Gasteiger partial charge is 0.290 e. The van der Waals surface area contributed by atoms with Gasteiger partial charge >= 0.3 is 0 Å². The van der Waals surface area contributed by atoms with E-state index in [0.29, 0.717) is 9.23 Å². The molecule has 1 aromatic carbocycles. The van der Waals surface area contributed by atoms with Crippen LogP contribution in [-0.4, -0.2) is 21.2 Å². The summed E-state index contributed by atoms with van der Waals surface area (Å²) in [5.41, 5.74) is 0.792. The minimum absolute atomic E-state index is 0.0524. The molecule has 0 bridgehead atoms. The van der Waals surface area contributed by atoms with Crippen LogP contribution in [0.15, 0.2) is 29.2 Å². The molecule has 0 unspecified atom stereocenters. The van der Waals surface area contributed by atoms with Crippen LogP contribution in [0.25, 0.3) is 6.08 Å². The first kappa shape index (κ1) is 13.2. The number of carbonyl (C=O) groups is 1. The topological polar surface area (TPSA) is 20.3 Å². The van der Waals surface area contributed by atoms with Crippen molar-refractivity contribution in [2.24, 2.45) is 0 Å². The van der Waals surface area contributed by atoms with Gasteiger partial charge in [0.15, 0.2) is 0 Å². The van der Waals surface area contributed by atoms with E-state index in [9.17, 15) is 9.18 Å². The number of benzene rings is 1. The van der Waals surface area contributed by atoms with Crippen LogP contribution in [0.5, 0.6) is 0 Å². The molecular weight excluding hydrogens is 269 g/mol. The second kappa shape index (κ2) is 5.20. The van der Waals surface area contributed by atoms with E-state index >= 15 is 0 Å². The predicted octanol–water partition coefficient (Wildman–Crippen LogP) is 3.44. The van der Waals surface area contributed by atoms with Gasteiger partial charge in [0, 0.05) is 6.04 Å². The van der Waals surface area contributed by atoms with Crippen molar-refractivity contribution < 1.29 is 9.18 Å². The summed E-state index contributed by atoms with van der Waals surface area (Å²) in [5, 5.41) is 0. The van der Waals surface area contributed by atoms with E-state index in [4.69, 9.17) is 12.2 Å². The van der Waals surface area contributed by atoms with Gasteiger partial charge in [-0.05, 0) is 37.6 Å². The Morgan fingerprint density at radius 2 is 1.94 bits per heavy atom. The molecule has 1 amide bonds. The third-order valence-corrected chi connectivity index (χ3v) is 3.84. The highest BCUT2D eigenvalue weighted by Gasteiger charge is 2.33. The van der Waals surface area contributed by atoms with Crippen molar-refractivity contribution in [2.75, 3.05) is 0 Å². The summed E-state index contributed by atoms with van der Waals surface area (Å²) in [6.45, 7) is 3.84. The Labute approximate surface area is 115 Å². The normalized spacial score (nSPS) is 18.2. The van der Waals surface area contributed by atoms with E-state index in [2.05, 4.69) is 0 Å². The van der Waals surface area contributed by atoms with Gasteiger partial charge in [0.2, 0.25) is 0 Å². The average Bonchev–Trinajstić information content (AvgIpc) is 2.57. The number of halogens is 1. The van der Waals surface area contributed by atoms with Crippen LogP contribution >= 0.6 is 24.0 Å². The minimum atomic E-state index is -0.290. The Hall–Kier alpha value is -1.20. The van der Waals surface area contributed by atoms with Crippen molar-refractivity contribution in [2.45, 2.75) is 19.9 Å². The molecule has 0 aromatic heterocycles. The van der Waals surface area contributed by atoms with E-state index in [0.717, 1.165) is 5.56 Å². The monoisotopic (exact) mass is 281 g/mol. The number of carbonyl (C=O) groups excluding carboxylic acids is 1. The first-order valence-electron chi connectivity index (χ1n) is 5.51. The van der Waals surface area contributed by atoms with E-state index in [1.165, 1.54) is 23.9 Å². The molecule has 1 heterocycles. The molecule has 0 atom stereocenters. The zero-order chi connectivity index (χ0) is 13.3. The average molecular weight is 281 g/mol. The van der Waals surface area contributed by atoms with Crippen LogP contribution < -0.4 is 0 Å². The summed E-state index contributed by atoms with van der Waals surface area (Å²) in [5.74, 6) is -0.369. The van der Waals surface area contributed by atoms with Crippen molar-refractivity contribution in [3.8, 4) is 0 Å². The zero-order valence-electron chi connectivity index (χ0n) is 10.0. The van der Waals surface area contributed by atoms with Crippen LogP contribution in [0.4, 0.5) is 4.39 Å². The second-order valence-corrected chi connectivity index (χ2v) is 5.87. The standard InChI is InChI=1S/C13H12FNOS2/c1-8(2)15-12(16)11(18-13(15)17)7-9-3-5-10(14)6-4-9/h3-8H,1-2H3/b11-7+. The molecule has 1 saturated heterocycles. The highest BCUT2D eigenvalue weighted by molar-refractivity contribution is 8.26. The number of nitrogens with zero attached hydrogens (tertiary/aromatic N) is 1. The fourth-order valence-corrected chi connectivity index (χ4v) is 3.16. The molecule has 0 N–H and O–H groups in total. The van der Waals surface area contributed by atoms with Crippen molar-refractivity contribution in [1.29, 1.82) is 0 Å². The lowest BCUT2D eigenvalue weighted by Crippen LogP contribution is -2.34. The molecule has 0 saturated carbocycles. The van der Waals surface area contributed by atoms with Gasteiger partial charge in [0.05, 0.1) is 4.91 Å². The molecule has 2 rings (SSSR count). The van der Waals surface area contributed by atoms with E-state index < -0.39 is 0 Å². The number of amides is 1. The van der Waals surface area contributed by atoms with Crippen LogP contribution in [0.1, 0.15) is 19.4 Å². The Bertz CT molecular complexity index is 522. The van der Waals surface area contributed by atoms with Gasteiger partial charge in [-0.25, -0.2) is 4.39 Å². The van der Waals surface area contributed by atoms with Gasteiger partial charge in [-0.15, -0.1) is 0 Å². The molecule has 94 valence electrons. The Kier molecular flexibility index (Phi) is 3.82. The highest BCUT2D eigenvalue weighted by atomic mass is 32.2. The van der Waals surface area contributed by atoms with Crippen LogP contribution in [0, 0.1) is 5.82 Å². The number of hydrogen-bond acceptors (Lipinski definition) is 3. The predicted molar refractivity (Wildman–Crippen MR) is 76.5 cm³/mol. The lowest BCUT2D eigenvalue weighted by atomic mass is 10.2. The van der Waals surface area contributed by atoms with Gasteiger partial charge in [-0.3, -0.25) is 9.69 Å². The molecule has 1 fully saturated rings. The van der Waals surface area contributed by atoms with Crippen LogP contribution in [-0.2, 0) is 4.79 Å². The Balaban J connectivity index is 2.28. The molecular formula is C13H12FNOS2. The second-order valence-electron chi connectivity index (χ2n) is 4.20. The van der Waals surface area contributed by atoms with E-state index in [-0.39, 0.29) is 17.8 Å². The Morgan fingerprint density at radius 1 is 1.33 bits per heavy atom. The van der Waals surface area contributed by atoms with Gasteiger partial charge in [0.1, 0.15) is 10.1 Å². The maximum atomic E-state index is 12.8. The van der Waals surface area contributed by atoms with Crippen molar-refractivity contribution >= 4 is 40.3 Å². The smallest absolute Gasteiger partial charge is 0.266 e. The summed E-state index contributed by atoms with van der Waals surface area (Å²) in [6.07, 6.45) is 1.74. The molecule has 0 radical (unpaired) electrons. The van der Waals surface area contributed by atoms with Crippen LogP contribution in [0.3, 0.4) is 0 Å². The summed E-state index contributed by atoms with van der Waals surface area (Å²) in [4.78, 5) is 14.3. The van der Waals surface area contributed by atoms with Crippen LogP contribution in [0.2, 0.25) is 0 Å². The van der Waals surface area contributed by atoms with Gasteiger partial charge in [-0.1, -0.05) is 36.1 Å². The van der Waals surface area contributed by atoms with E-state index in [1.807, 2.05) is 13.8 Å². The van der Waals surface area contributed by atoms with E-state index in [1.54, 1.807) is 23.1 Å². The molecule has 5 heteroatoms. The zero-order valence-corrected chi connectivity index (χ0v) is 11.6. The first-order valence-corrected chi connectivity index (χ1v) is 6.74. The highest BCUT2D eigenvalue weighted by Crippen LogP contribution is 2.33. The van der Waals surface area contributed by atoms with Crippen molar-refractivity contribution in [3.05, 3.63) is 40.6 Å². The molecule has 18 heavy (non-hydrogen) atoms. The molecule has 1 aliphatic heterocycles. The lowest BCUT2D eigenvalue weighted by molar-refractivity contribution is -0.123. The summed E-state index contributed by atoms with van der Waals surface area (Å²) >= 11 is 6.46. The third kappa shape index (κ3) is 2.62. The van der Waals surface area contributed by atoms with Crippen molar-refractivity contribution in [3.63, 3.8) is 0 Å². The Morgan fingerprint density at radius 3 is 2.44 bits per heavy atom. The number of hydrogen-bond donors (Lipinski definition) is 0. The van der Waals surface area contributed by atoms with Gasteiger partial charge in [-0.2, -0.15) is 0 Å². The summed E-state index contributed by atoms with van der Waals surface area (Å²) in [7, 11) is 0.